The average molecular weight is 1100 g/mol. The van der Waals surface area contributed by atoms with Gasteiger partial charge in [-0.25, -0.2) is 0 Å². The van der Waals surface area contributed by atoms with Crippen LogP contribution < -0.4 is 0 Å². The van der Waals surface area contributed by atoms with Crippen molar-refractivity contribution in [2.45, 2.75) is 351 Å². The van der Waals surface area contributed by atoms with E-state index in [1.54, 1.807) is 0 Å². The molecular weight excluding hydrogens is 981 g/mol. The van der Waals surface area contributed by atoms with E-state index in [0.29, 0.717) is 13.0 Å². The van der Waals surface area contributed by atoms with Crippen molar-refractivity contribution in [3.8, 4) is 0 Å². The van der Waals surface area contributed by atoms with Gasteiger partial charge in [-0.1, -0.05) is 251 Å². The summed E-state index contributed by atoms with van der Waals surface area (Å²) in [6.07, 6.45) is 41.4. The molecule has 0 spiro atoms. The standard InChI is InChI=1S/C63H120O14/c1-3-5-7-9-11-13-15-17-19-21-23-24-25-26-27-28-29-31-33-35-37-39-41-43-45-47-72-49-52(75-55(65)46-44-42-40-38-36-34-32-30-22-20-18-16-14-12-10-8-6-4-2)50-73-62-61(71)59(69)57(67)54(77-62)51-74-63-60(70)58(68)56(66)53(48-64)76-63/h20,22,52-54,56-64,66-71H,3-19,21,23-51H2,1-2H3/b22-20-. The highest BCUT2D eigenvalue weighted by molar-refractivity contribution is 5.69. The molecule has 2 rings (SSSR count). The van der Waals surface area contributed by atoms with Gasteiger partial charge in [-0.2, -0.15) is 0 Å². The van der Waals surface area contributed by atoms with E-state index in [-0.39, 0.29) is 25.6 Å². The first-order valence-corrected chi connectivity index (χ1v) is 32.3. The van der Waals surface area contributed by atoms with Crippen LogP contribution in [0.1, 0.15) is 284 Å². The minimum atomic E-state index is -1.70. The quantitative estimate of drug-likeness (QED) is 0.0172. The molecule has 0 bridgehead atoms. The zero-order chi connectivity index (χ0) is 55.8. The third-order valence-corrected chi connectivity index (χ3v) is 15.8. The molecule has 11 atom stereocenters. The Hall–Kier alpha value is -1.27. The van der Waals surface area contributed by atoms with Crippen LogP contribution in [0.15, 0.2) is 12.2 Å². The lowest BCUT2D eigenvalue weighted by Gasteiger charge is -2.42. The molecule has 0 aromatic rings. The van der Waals surface area contributed by atoms with E-state index in [0.717, 1.165) is 44.9 Å². The molecule has 14 nitrogen and oxygen atoms in total. The van der Waals surface area contributed by atoms with Crippen molar-refractivity contribution in [1.82, 2.24) is 0 Å². The lowest BCUT2D eigenvalue weighted by Crippen LogP contribution is -2.61. The van der Waals surface area contributed by atoms with Crippen LogP contribution in [0.3, 0.4) is 0 Å². The Morgan fingerprint density at radius 1 is 0.416 bits per heavy atom. The fraction of sp³-hybridized carbons (Fsp3) is 0.952. The Balaban J connectivity index is 1.65. The summed E-state index contributed by atoms with van der Waals surface area (Å²) in [4.78, 5) is 13.1. The van der Waals surface area contributed by atoms with Crippen molar-refractivity contribution in [1.29, 1.82) is 0 Å². The summed E-state index contributed by atoms with van der Waals surface area (Å²) < 4.78 is 34.5. The van der Waals surface area contributed by atoms with Gasteiger partial charge in [0.1, 0.15) is 54.9 Å². The average Bonchev–Trinajstić information content (AvgIpc) is 3.43. The Kier molecular flexibility index (Phi) is 47.1. The molecule has 11 unspecified atom stereocenters. The van der Waals surface area contributed by atoms with E-state index in [4.69, 9.17) is 28.4 Å². The molecule has 14 heteroatoms. The molecule has 2 aliphatic rings. The number of aliphatic hydroxyl groups is 7. The van der Waals surface area contributed by atoms with Crippen LogP contribution >= 0.6 is 0 Å². The second-order valence-corrected chi connectivity index (χ2v) is 22.9. The number of unbranched alkanes of at least 4 members (excludes halogenated alkanes) is 38. The highest BCUT2D eigenvalue weighted by Gasteiger charge is 2.47. The minimum absolute atomic E-state index is 0.0666. The molecule has 7 N–H and O–H groups in total. The number of carbonyl (C=O) groups is 1. The third kappa shape index (κ3) is 36.7. The number of rotatable bonds is 54. The van der Waals surface area contributed by atoms with E-state index in [1.165, 1.54) is 212 Å². The van der Waals surface area contributed by atoms with Crippen LogP contribution in [0.25, 0.3) is 0 Å². The fourth-order valence-electron chi connectivity index (χ4n) is 10.6. The number of hydrogen-bond donors (Lipinski definition) is 7. The summed E-state index contributed by atoms with van der Waals surface area (Å²) in [7, 11) is 0. The highest BCUT2D eigenvalue weighted by Crippen LogP contribution is 2.27. The van der Waals surface area contributed by atoms with E-state index in [2.05, 4.69) is 26.0 Å². The van der Waals surface area contributed by atoms with Gasteiger partial charge in [0.05, 0.1) is 26.4 Å². The van der Waals surface area contributed by atoms with Crippen molar-refractivity contribution in [3.05, 3.63) is 12.2 Å². The zero-order valence-corrected chi connectivity index (χ0v) is 49.2. The highest BCUT2D eigenvalue weighted by atomic mass is 16.7. The summed E-state index contributed by atoms with van der Waals surface area (Å²) in [6, 6.07) is 0. The molecule has 0 amide bonds. The van der Waals surface area contributed by atoms with Crippen molar-refractivity contribution in [3.63, 3.8) is 0 Å². The zero-order valence-electron chi connectivity index (χ0n) is 49.2. The van der Waals surface area contributed by atoms with Crippen molar-refractivity contribution in [2.24, 2.45) is 0 Å². The van der Waals surface area contributed by atoms with Crippen LogP contribution in [-0.4, -0.2) is 142 Å². The first-order valence-electron chi connectivity index (χ1n) is 32.3. The van der Waals surface area contributed by atoms with E-state index < -0.39 is 80.7 Å². The van der Waals surface area contributed by atoms with Gasteiger partial charge in [0.15, 0.2) is 12.6 Å². The number of hydrogen-bond acceptors (Lipinski definition) is 14. The summed E-state index contributed by atoms with van der Waals surface area (Å²) in [5.41, 5.74) is 0. The molecule has 0 aliphatic carbocycles. The van der Waals surface area contributed by atoms with Gasteiger partial charge < -0.3 is 64.2 Å². The number of allylic oxidation sites excluding steroid dienone is 2. The molecule has 0 aromatic carbocycles. The number of carbonyl (C=O) groups excluding carboxylic acids is 1. The predicted molar refractivity (Wildman–Crippen MR) is 307 cm³/mol. The maximum Gasteiger partial charge on any atom is 0.306 e. The van der Waals surface area contributed by atoms with Gasteiger partial charge in [-0.3, -0.25) is 4.79 Å². The fourth-order valence-corrected chi connectivity index (χ4v) is 10.6. The molecule has 0 aromatic heterocycles. The van der Waals surface area contributed by atoms with Crippen LogP contribution in [0.4, 0.5) is 0 Å². The second-order valence-electron chi connectivity index (χ2n) is 22.9. The van der Waals surface area contributed by atoms with Crippen molar-refractivity contribution >= 4 is 5.97 Å². The number of ether oxygens (including phenoxy) is 6. The van der Waals surface area contributed by atoms with Gasteiger partial charge in [0, 0.05) is 13.0 Å². The smallest absolute Gasteiger partial charge is 0.306 e. The Labute approximate surface area is 469 Å². The second kappa shape index (κ2) is 50.5. The summed E-state index contributed by atoms with van der Waals surface area (Å²) in [5.74, 6) is -0.373. The topological polar surface area (TPSA) is 214 Å². The van der Waals surface area contributed by atoms with Crippen LogP contribution in [0.5, 0.6) is 0 Å². The van der Waals surface area contributed by atoms with Crippen LogP contribution in [0.2, 0.25) is 0 Å². The minimum Gasteiger partial charge on any atom is -0.457 e. The van der Waals surface area contributed by atoms with Crippen molar-refractivity contribution in [2.75, 3.05) is 33.0 Å². The molecule has 2 aliphatic heterocycles. The van der Waals surface area contributed by atoms with Crippen LogP contribution in [0, 0.1) is 0 Å². The van der Waals surface area contributed by atoms with Crippen molar-refractivity contribution < 1.29 is 69.0 Å². The largest absolute Gasteiger partial charge is 0.457 e. The normalized spacial score (nSPS) is 24.3. The van der Waals surface area contributed by atoms with E-state index in [1.807, 2.05) is 0 Å². The molecule has 0 saturated carbocycles. The molecule has 2 heterocycles. The molecule has 77 heavy (non-hydrogen) atoms. The molecule has 0 radical (unpaired) electrons. The summed E-state index contributed by atoms with van der Waals surface area (Å²) in [6.45, 7) is 3.76. The summed E-state index contributed by atoms with van der Waals surface area (Å²) in [5, 5.41) is 72.5. The van der Waals surface area contributed by atoms with Gasteiger partial charge in [0.2, 0.25) is 0 Å². The SMILES string of the molecule is CCCCCCCCC/C=C\CCCCCCCCCC(=O)OC(COCCCCCCCCCCCCCCCCCCCCCCCCCCC)COC1OC(COC2OC(CO)C(O)C(O)C2O)C(O)C(O)C1O. The first kappa shape index (κ1) is 71.8. The van der Waals surface area contributed by atoms with Crippen LogP contribution in [-0.2, 0) is 33.2 Å². The Bertz CT molecular complexity index is 1320. The Morgan fingerprint density at radius 2 is 0.766 bits per heavy atom. The number of aliphatic hydroxyl groups excluding tert-OH is 7. The predicted octanol–water partition coefficient (Wildman–Crippen LogP) is 12.5. The molecular formula is C63H120O14. The van der Waals surface area contributed by atoms with Gasteiger partial charge >= 0.3 is 5.97 Å². The monoisotopic (exact) mass is 1100 g/mol. The lowest BCUT2D eigenvalue weighted by molar-refractivity contribution is -0.332. The van der Waals surface area contributed by atoms with Gasteiger partial charge in [-0.15, -0.1) is 0 Å². The number of esters is 1. The molecule has 2 saturated heterocycles. The Morgan fingerprint density at radius 3 is 1.18 bits per heavy atom. The van der Waals surface area contributed by atoms with Gasteiger partial charge in [-0.05, 0) is 38.5 Å². The molecule has 2 fully saturated rings. The third-order valence-electron chi connectivity index (χ3n) is 15.8. The maximum absolute atomic E-state index is 13.1. The van der Waals surface area contributed by atoms with E-state index >= 15 is 0 Å². The molecule has 456 valence electrons. The maximum atomic E-state index is 13.1. The lowest BCUT2D eigenvalue weighted by atomic mass is 9.98. The van der Waals surface area contributed by atoms with Gasteiger partial charge in [0.25, 0.3) is 0 Å². The summed E-state index contributed by atoms with van der Waals surface area (Å²) >= 11 is 0. The first-order chi connectivity index (χ1) is 37.6. The van der Waals surface area contributed by atoms with E-state index in [9.17, 15) is 40.5 Å².